The molecule has 0 spiro atoms. The molecule has 10 heteroatoms. The minimum atomic E-state index is -4.23. The van der Waals surface area contributed by atoms with Gasteiger partial charge in [-0.15, -0.1) is 5.10 Å². The van der Waals surface area contributed by atoms with Gasteiger partial charge < -0.3 is 9.84 Å². The molecule has 3 aromatic carbocycles. The van der Waals surface area contributed by atoms with Gasteiger partial charge in [0.05, 0.1) is 17.4 Å². The van der Waals surface area contributed by atoms with Gasteiger partial charge >= 0.3 is 5.97 Å². The van der Waals surface area contributed by atoms with E-state index in [9.17, 15) is 23.1 Å². The summed E-state index contributed by atoms with van der Waals surface area (Å²) in [7, 11) is -2.76. The van der Waals surface area contributed by atoms with E-state index in [1.807, 2.05) is 31.2 Å². The SMILES string of the molecule is COc1ccc2nnn(CCC(C(=O)O)S(=O)(=O)c3ccc(-c4ccc(C)cc4)cc3)c(=O)c2c1. The van der Waals surface area contributed by atoms with Crippen LogP contribution in [0.4, 0.5) is 0 Å². The first-order valence-electron chi connectivity index (χ1n) is 10.8. The zero-order valence-electron chi connectivity index (χ0n) is 19.1. The van der Waals surface area contributed by atoms with E-state index < -0.39 is 26.6 Å². The fourth-order valence-electron chi connectivity index (χ4n) is 3.73. The van der Waals surface area contributed by atoms with Crippen molar-refractivity contribution in [2.45, 2.75) is 30.0 Å². The highest BCUT2D eigenvalue weighted by Crippen LogP contribution is 2.25. The van der Waals surface area contributed by atoms with Crippen LogP contribution in [-0.2, 0) is 21.2 Å². The van der Waals surface area contributed by atoms with E-state index in [4.69, 9.17) is 4.74 Å². The van der Waals surface area contributed by atoms with E-state index >= 15 is 0 Å². The highest BCUT2D eigenvalue weighted by atomic mass is 32.2. The third kappa shape index (κ3) is 4.92. The molecule has 1 aromatic heterocycles. The number of carboxylic acid groups (broad SMARTS) is 1. The van der Waals surface area contributed by atoms with E-state index in [0.29, 0.717) is 11.3 Å². The van der Waals surface area contributed by atoms with Crippen LogP contribution in [0.15, 0.2) is 76.4 Å². The van der Waals surface area contributed by atoms with Gasteiger partial charge in [0, 0.05) is 6.54 Å². The molecule has 4 aromatic rings. The molecule has 0 aliphatic carbocycles. The summed E-state index contributed by atoms with van der Waals surface area (Å²) in [6.45, 7) is 1.73. The Kier molecular flexibility index (Phi) is 6.65. The first-order valence-corrected chi connectivity index (χ1v) is 12.3. The van der Waals surface area contributed by atoms with Crippen molar-refractivity contribution in [3.63, 3.8) is 0 Å². The van der Waals surface area contributed by atoms with Gasteiger partial charge in [0.15, 0.2) is 15.1 Å². The Labute approximate surface area is 201 Å². The quantitative estimate of drug-likeness (QED) is 0.397. The number of aromatic nitrogens is 3. The smallest absolute Gasteiger partial charge is 0.322 e. The zero-order valence-corrected chi connectivity index (χ0v) is 19.9. The lowest BCUT2D eigenvalue weighted by Crippen LogP contribution is -2.34. The predicted octanol–water partition coefficient (Wildman–Crippen LogP) is 3.09. The monoisotopic (exact) mass is 493 g/mol. The molecule has 0 aliphatic rings. The van der Waals surface area contributed by atoms with E-state index in [2.05, 4.69) is 10.3 Å². The van der Waals surface area contributed by atoms with Gasteiger partial charge in [0.2, 0.25) is 0 Å². The van der Waals surface area contributed by atoms with Crippen molar-refractivity contribution in [1.82, 2.24) is 15.0 Å². The van der Waals surface area contributed by atoms with Crippen LogP contribution < -0.4 is 10.3 Å². The molecule has 9 nitrogen and oxygen atoms in total. The predicted molar refractivity (Wildman–Crippen MR) is 130 cm³/mol. The van der Waals surface area contributed by atoms with Crippen molar-refractivity contribution in [3.8, 4) is 16.9 Å². The molecule has 0 radical (unpaired) electrons. The van der Waals surface area contributed by atoms with Crippen LogP contribution in [0.3, 0.4) is 0 Å². The zero-order chi connectivity index (χ0) is 25.2. The number of nitrogens with zero attached hydrogens (tertiary/aromatic N) is 3. The molecule has 0 saturated carbocycles. The maximum absolute atomic E-state index is 13.1. The highest BCUT2D eigenvalue weighted by Gasteiger charge is 2.34. The summed E-state index contributed by atoms with van der Waals surface area (Å²) in [5, 5.41) is 16.0. The number of hydrogen-bond acceptors (Lipinski definition) is 7. The molecule has 1 unspecified atom stereocenters. The molecule has 35 heavy (non-hydrogen) atoms. The molecule has 4 rings (SSSR count). The van der Waals surface area contributed by atoms with Gasteiger partial charge in [-0.05, 0) is 54.8 Å². The van der Waals surface area contributed by atoms with Crippen LogP contribution in [-0.4, -0.2) is 46.8 Å². The van der Waals surface area contributed by atoms with Gasteiger partial charge in [-0.3, -0.25) is 9.59 Å². The molecule has 0 amide bonds. The van der Waals surface area contributed by atoms with Gasteiger partial charge in [-0.1, -0.05) is 47.2 Å². The summed E-state index contributed by atoms with van der Waals surface area (Å²) >= 11 is 0. The summed E-state index contributed by atoms with van der Waals surface area (Å²) in [4.78, 5) is 24.6. The number of rotatable bonds is 8. The molecule has 180 valence electrons. The number of benzene rings is 3. The number of fused-ring (bicyclic) bond motifs is 1. The molecule has 1 N–H and O–H groups in total. The normalized spacial score (nSPS) is 12.4. The Hall–Kier alpha value is -4.05. The third-order valence-electron chi connectivity index (χ3n) is 5.75. The minimum absolute atomic E-state index is 0.109. The average Bonchev–Trinajstić information content (AvgIpc) is 2.85. The Bertz CT molecular complexity index is 1550. The van der Waals surface area contributed by atoms with Crippen LogP contribution >= 0.6 is 0 Å². The van der Waals surface area contributed by atoms with Crippen molar-refractivity contribution >= 4 is 26.7 Å². The molecular weight excluding hydrogens is 470 g/mol. The Balaban J connectivity index is 1.58. The van der Waals surface area contributed by atoms with E-state index in [1.54, 1.807) is 24.3 Å². The summed E-state index contributed by atoms with van der Waals surface area (Å²) in [6.07, 6.45) is -0.360. The fraction of sp³-hybridized carbons (Fsp3) is 0.200. The van der Waals surface area contributed by atoms with Crippen LogP contribution in [0, 0.1) is 6.92 Å². The van der Waals surface area contributed by atoms with E-state index in [1.165, 1.54) is 25.3 Å². The summed E-state index contributed by atoms with van der Waals surface area (Å²) < 4.78 is 32.4. The van der Waals surface area contributed by atoms with Crippen LogP contribution in [0.1, 0.15) is 12.0 Å². The summed E-state index contributed by atoms with van der Waals surface area (Å²) in [5.41, 5.74) is 2.66. The Morgan fingerprint density at radius 2 is 1.66 bits per heavy atom. The summed E-state index contributed by atoms with van der Waals surface area (Å²) in [6, 6.07) is 18.6. The van der Waals surface area contributed by atoms with Crippen molar-refractivity contribution in [3.05, 3.63) is 82.6 Å². The first kappa shape index (κ1) is 24.1. The Morgan fingerprint density at radius 1 is 1.03 bits per heavy atom. The lowest BCUT2D eigenvalue weighted by molar-refractivity contribution is -0.136. The topological polar surface area (TPSA) is 128 Å². The highest BCUT2D eigenvalue weighted by molar-refractivity contribution is 7.92. The van der Waals surface area contributed by atoms with E-state index in [-0.39, 0.29) is 23.2 Å². The lowest BCUT2D eigenvalue weighted by atomic mass is 10.0. The molecule has 1 atom stereocenters. The number of sulfone groups is 1. The molecule has 0 aliphatic heterocycles. The standard InChI is InChI=1S/C25H23N3O6S/c1-16-3-5-17(6-4-16)18-7-10-20(11-8-18)35(32,33)23(25(30)31)13-14-28-24(29)21-15-19(34-2)9-12-22(21)26-27-28/h3-12,15,23H,13-14H2,1-2H3,(H,30,31). The van der Waals surface area contributed by atoms with Crippen molar-refractivity contribution in [2.75, 3.05) is 7.11 Å². The lowest BCUT2D eigenvalue weighted by Gasteiger charge is -2.14. The maximum Gasteiger partial charge on any atom is 0.322 e. The van der Waals surface area contributed by atoms with Gasteiger partial charge in [0.25, 0.3) is 5.56 Å². The van der Waals surface area contributed by atoms with Gasteiger partial charge in [-0.25, -0.2) is 13.1 Å². The number of carbonyl (C=O) groups is 1. The van der Waals surface area contributed by atoms with Crippen molar-refractivity contribution in [1.29, 1.82) is 0 Å². The first-order chi connectivity index (χ1) is 16.7. The number of methoxy groups -OCH3 is 1. The van der Waals surface area contributed by atoms with E-state index in [0.717, 1.165) is 21.4 Å². The van der Waals surface area contributed by atoms with Crippen LogP contribution in [0.5, 0.6) is 5.75 Å². The number of ether oxygens (including phenoxy) is 1. The maximum atomic E-state index is 13.1. The second-order valence-corrected chi connectivity index (χ2v) is 10.2. The number of aryl methyl sites for hydroxylation is 2. The van der Waals surface area contributed by atoms with Crippen LogP contribution in [0.25, 0.3) is 22.0 Å². The number of aliphatic carboxylic acids is 1. The third-order valence-corrected chi connectivity index (χ3v) is 7.87. The van der Waals surface area contributed by atoms with Crippen molar-refractivity contribution < 1.29 is 23.1 Å². The van der Waals surface area contributed by atoms with Gasteiger partial charge in [0.1, 0.15) is 11.3 Å². The largest absolute Gasteiger partial charge is 0.497 e. The summed E-state index contributed by atoms with van der Waals surface area (Å²) in [5.74, 6) is -1.05. The molecule has 0 saturated heterocycles. The Morgan fingerprint density at radius 3 is 2.26 bits per heavy atom. The fourth-order valence-corrected chi connectivity index (χ4v) is 5.25. The number of hydrogen-bond donors (Lipinski definition) is 1. The molecular formula is C25H23N3O6S. The second-order valence-electron chi connectivity index (χ2n) is 8.05. The second kappa shape index (κ2) is 9.67. The van der Waals surface area contributed by atoms with Crippen LogP contribution in [0.2, 0.25) is 0 Å². The van der Waals surface area contributed by atoms with Crippen molar-refractivity contribution in [2.24, 2.45) is 0 Å². The number of carboxylic acids is 1. The molecule has 0 fully saturated rings. The molecule has 1 heterocycles. The minimum Gasteiger partial charge on any atom is -0.497 e. The molecule has 0 bridgehead atoms. The average molecular weight is 494 g/mol. The van der Waals surface area contributed by atoms with Gasteiger partial charge in [-0.2, -0.15) is 0 Å².